The molecule has 0 spiro atoms. The van der Waals surface area contributed by atoms with Crippen molar-refractivity contribution in [3.8, 4) is 0 Å². The third-order valence-electron chi connectivity index (χ3n) is 4.07. The molecule has 22 heavy (non-hydrogen) atoms. The summed E-state index contributed by atoms with van der Waals surface area (Å²) in [7, 11) is 0. The second-order valence-corrected chi connectivity index (χ2v) is 6.88. The van der Waals surface area contributed by atoms with Crippen LogP contribution in [-0.4, -0.2) is 47.0 Å². The van der Waals surface area contributed by atoms with Crippen LogP contribution in [0.3, 0.4) is 0 Å². The Hall–Kier alpha value is -1.95. The normalized spacial score (nSPS) is 15.9. The molecule has 0 saturated carbocycles. The van der Waals surface area contributed by atoms with Gasteiger partial charge in [-0.1, -0.05) is 6.07 Å². The van der Waals surface area contributed by atoms with Crippen molar-refractivity contribution < 1.29 is 4.79 Å². The largest absolute Gasteiger partial charge is 0.338 e. The number of piperazine rings is 1. The summed E-state index contributed by atoms with van der Waals surface area (Å²) in [6.07, 6.45) is 3.50. The van der Waals surface area contributed by atoms with Gasteiger partial charge in [0.2, 0.25) is 11.9 Å². The third kappa shape index (κ3) is 2.83. The van der Waals surface area contributed by atoms with Crippen LogP contribution in [-0.2, 0) is 10.2 Å². The van der Waals surface area contributed by atoms with E-state index in [1.165, 1.54) is 0 Å². The van der Waals surface area contributed by atoms with E-state index in [1.807, 2.05) is 42.3 Å². The van der Waals surface area contributed by atoms with Gasteiger partial charge in [-0.3, -0.25) is 4.79 Å². The summed E-state index contributed by atoms with van der Waals surface area (Å²) < 4.78 is 0. The summed E-state index contributed by atoms with van der Waals surface area (Å²) >= 11 is 1.64. The van der Waals surface area contributed by atoms with E-state index < -0.39 is 5.41 Å². The first kappa shape index (κ1) is 15.0. The van der Waals surface area contributed by atoms with E-state index in [-0.39, 0.29) is 5.91 Å². The maximum atomic E-state index is 12.8. The van der Waals surface area contributed by atoms with Crippen LogP contribution < -0.4 is 4.90 Å². The van der Waals surface area contributed by atoms with Gasteiger partial charge in [-0.05, 0) is 31.4 Å². The highest BCUT2D eigenvalue weighted by Gasteiger charge is 2.36. The molecule has 2 aromatic rings. The Balaban J connectivity index is 1.65. The van der Waals surface area contributed by atoms with Crippen LogP contribution in [0.2, 0.25) is 0 Å². The zero-order valence-electron chi connectivity index (χ0n) is 12.9. The second-order valence-electron chi connectivity index (χ2n) is 5.93. The van der Waals surface area contributed by atoms with Crippen molar-refractivity contribution in [1.29, 1.82) is 0 Å². The lowest BCUT2D eigenvalue weighted by molar-refractivity contribution is -0.136. The number of aromatic nitrogens is 2. The van der Waals surface area contributed by atoms with E-state index in [1.54, 1.807) is 23.7 Å². The van der Waals surface area contributed by atoms with E-state index in [9.17, 15) is 4.79 Å². The predicted molar refractivity (Wildman–Crippen MR) is 88.2 cm³/mol. The van der Waals surface area contributed by atoms with Crippen LogP contribution in [0.15, 0.2) is 36.0 Å². The Morgan fingerprint density at radius 2 is 1.82 bits per heavy atom. The van der Waals surface area contributed by atoms with E-state index in [4.69, 9.17) is 0 Å². The summed E-state index contributed by atoms with van der Waals surface area (Å²) in [5.41, 5.74) is -0.459. The molecule has 1 fully saturated rings. The summed E-state index contributed by atoms with van der Waals surface area (Å²) in [6.45, 7) is 6.99. The highest BCUT2D eigenvalue weighted by molar-refractivity contribution is 7.10. The number of hydrogen-bond acceptors (Lipinski definition) is 5. The Morgan fingerprint density at radius 3 is 2.41 bits per heavy atom. The number of anilines is 1. The maximum absolute atomic E-state index is 12.8. The number of rotatable bonds is 3. The van der Waals surface area contributed by atoms with Crippen molar-refractivity contribution in [2.75, 3.05) is 31.1 Å². The van der Waals surface area contributed by atoms with Crippen LogP contribution in [0, 0.1) is 0 Å². The van der Waals surface area contributed by atoms with Crippen molar-refractivity contribution in [1.82, 2.24) is 14.9 Å². The van der Waals surface area contributed by atoms with Gasteiger partial charge in [0.05, 0.1) is 5.41 Å². The van der Waals surface area contributed by atoms with E-state index in [0.717, 1.165) is 23.9 Å². The lowest BCUT2D eigenvalue weighted by Crippen LogP contribution is -2.53. The van der Waals surface area contributed by atoms with Crippen molar-refractivity contribution in [2.45, 2.75) is 19.3 Å². The molecule has 0 N–H and O–H groups in total. The van der Waals surface area contributed by atoms with Crippen molar-refractivity contribution in [3.63, 3.8) is 0 Å². The molecule has 0 unspecified atom stereocenters. The standard InChI is InChI=1S/C16H20N4OS/c1-16(2,13-5-3-12-22-13)14(21)19-8-10-20(11-9-19)15-17-6-4-7-18-15/h3-7,12H,8-11H2,1-2H3. The second kappa shape index (κ2) is 6.04. The maximum Gasteiger partial charge on any atom is 0.233 e. The molecular formula is C16H20N4OS. The highest BCUT2D eigenvalue weighted by atomic mass is 32.1. The molecule has 116 valence electrons. The fourth-order valence-electron chi connectivity index (χ4n) is 2.70. The van der Waals surface area contributed by atoms with Crippen LogP contribution >= 0.6 is 11.3 Å². The Labute approximate surface area is 134 Å². The first-order chi connectivity index (χ1) is 10.6. The predicted octanol–water partition coefficient (Wildman–Crippen LogP) is 2.16. The van der Waals surface area contributed by atoms with Gasteiger partial charge >= 0.3 is 0 Å². The minimum atomic E-state index is -0.459. The van der Waals surface area contributed by atoms with Gasteiger partial charge in [0.15, 0.2) is 0 Å². The SMILES string of the molecule is CC(C)(C(=O)N1CCN(c2ncccn2)CC1)c1cccs1. The quantitative estimate of drug-likeness (QED) is 0.871. The molecule has 1 aliphatic heterocycles. The fourth-order valence-corrected chi connectivity index (χ4v) is 3.54. The van der Waals surface area contributed by atoms with E-state index >= 15 is 0 Å². The molecule has 1 amide bonds. The first-order valence-corrected chi connectivity index (χ1v) is 8.32. The van der Waals surface area contributed by atoms with Gasteiger partial charge in [0, 0.05) is 43.4 Å². The summed E-state index contributed by atoms with van der Waals surface area (Å²) in [4.78, 5) is 26.6. The number of hydrogen-bond donors (Lipinski definition) is 0. The van der Waals surface area contributed by atoms with Crippen LogP contribution in [0.5, 0.6) is 0 Å². The van der Waals surface area contributed by atoms with Crippen molar-refractivity contribution >= 4 is 23.2 Å². The van der Waals surface area contributed by atoms with Gasteiger partial charge in [-0.25, -0.2) is 9.97 Å². The van der Waals surface area contributed by atoms with Crippen LogP contribution in [0.25, 0.3) is 0 Å². The van der Waals surface area contributed by atoms with E-state index in [0.29, 0.717) is 13.1 Å². The zero-order chi connectivity index (χ0) is 15.6. The Morgan fingerprint density at radius 1 is 1.14 bits per heavy atom. The molecule has 5 nitrogen and oxygen atoms in total. The van der Waals surface area contributed by atoms with Crippen LogP contribution in [0.1, 0.15) is 18.7 Å². The molecule has 3 rings (SSSR count). The average molecular weight is 316 g/mol. The number of carbonyl (C=O) groups is 1. The summed E-state index contributed by atoms with van der Waals surface area (Å²) in [5.74, 6) is 0.940. The Bertz CT molecular complexity index is 619. The molecule has 0 aromatic carbocycles. The minimum Gasteiger partial charge on any atom is -0.338 e. The number of thiophene rings is 1. The van der Waals surface area contributed by atoms with E-state index in [2.05, 4.69) is 14.9 Å². The van der Waals surface area contributed by atoms with Gasteiger partial charge in [-0.2, -0.15) is 0 Å². The Kier molecular flexibility index (Phi) is 4.11. The molecule has 1 saturated heterocycles. The van der Waals surface area contributed by atoms with Crippen molar-refractivity contribution in [2.24, 2.45) is 0 Å². The monoisotopic (exact) mass is 316 g/mol. The molecule has 0 bridgehead atoms. The number of carbonyl (C=O) groups excluding carboxylic acids is 1. The molecular weight excluding hydrogens is 296 g/mol. The highest BCUT2D eigenvalue weighted by Crippen LogP contribution is 2.30. The molecule has 2 aromatic heterocycles. The van der Waals surface area contributed by atoms with Gasteiger partial charge < -0.3 is 9.80 Å². The number of amides is 1. The average Bonchev–Trinajstić information content (AvgIpc) is 3.10. The van der Waals surface area contributed by atoms with Crippen LogP contribution in [0.4, 0.5) is 5.95 Å². The van der Waals surface area contributed by atoms with Gasteiger partial charge in [0.1, 0.15) is 0 Å². The molecule has 1 aliphatic rings. The van der Waals surface area contributed by atoms with Gasteiger partial charge in [-0.15, -0.1) is 11.3 Å². The molecule has 3 heterocycles. The topological polar surface area (TPSA) is 49.3 Å². The molecule has 0 atom stereocenters. The smallest absolute Gasteiger partial charge is 0.233 e. The third-order valence-corrected chi connectivity index (χ3v) is 5.27. The lowest BCUT2D eigenvalue weighted by Gasteiger charge is -2.38. The van der Waals surface area contributed by atoms with Crippen molar-refractivity contribution in [3.05, 3.63) is 40.8 Å². The summed E-state index contributed by atoms with van der Waals surface area (Å²) in [5, 5.41) is 2.02. The first-order valence-electron chi connectivity index (χ1n) is 7.44. The molecule has 0 radical (unpaired) electrons. The summed E-state index contributed by atoms with van der Waals surface area (Å²) in [6, 6.07) is 5.85. The number of nitrogens with zero attached hydrogens (tertiary/aromatic N) is 4. The fraction of sp³-hybridized carbons (Fsp3) is 0.438. The lowest BCUT2D eigenvalue weighted by atomic mass is 9.89. The minimum absolute atomic E-state index is 0.198. The van der Waals surface area contributed by atoms with Gasteiger partial charge in [0.25, 0.3) is 0 Å². The molecule has 0 aliphatic carbocycles. The molecule has 6 heteroatoms. The zero-order valence-corrected chi connectivity index (χ0v) is 13.7.